The zero-order valence-electron chi connectivity index (χ0n) is 16.8. The number of fused-ring (bicyclic) bond motifs is 2. The standard InChI is InChI=1S/C22H31N3O3.H2/c1-2-28-21(27)25-13-8-17(9-14-25)24-15-11-22(12-16-24)10-7-20(26)23-19-6-4-3-5-18(19)22;/h3-6,17H,2,7-16H2,1H3,(H,23,26);1H. The average Bonchev–Trinajstić information content (AvgIpc) is 2.86. The highest BCUT2D eigenvalue weighted by Crippen LogP contribution is 2.45. The van der Waals surface area contributed by atoms with Gasteiger partial charge in [-0.1, -0.05) is 18.2 Å². The molecule has 1 aromatic carbocycles. The molecule has 2 amide bonds. The molecule has 1 aromatic rings. The number of piperidine rings is 2. The third kappa shape index (κ3) is 3.75. The van der Waals surface area contributed by atoms with Gasteiger partial charge in [0, 0.05) is 38.1 Å². The van der Waals surface area contributed by atoms with E-state index in [-0.39, 0.29) is 18.8 Å². The van der Waals surface area contributed by atoms with Crippen LogP contribution in [0.2, 0.25) is 0 Å². The number of likely N-dealkylation sites (tertiary alicyclic amines) is 2. The van der Waals surface area contributed by atoms with Crippen molar-refractivity contribution in [2.24, 2.45) is 0 Å². The van der Waals surface area contributed by atoms with Crippen LogP contribution in [0.25, 0.3) is 0 Å². The van der Waals surface area contributed by atoms with Crippen LogP contribution in [0.15, 0.2) is 24.3 Å². The van der Waals surface area contributed by atoms with Gasteiger partial charge in [0.1, 0.15) is 0 Å². The molecular formula is C22H33N3O3. The lowest BCUT2D eigenvalue weighted by Crippen LogP contribution is -2.51. The minimum absolute atomic E-state index is 0. The summed E-state index contributed by atoms with van der Waals surface area (Å²) in [6.07, 6.45) is 5.59. The first-order valence-electron chi connectivity index (χ1n) is 10.7. The summed E-state index contributed by atoms with van der Waals surface area (Å²) >= 11 is 0. The summed E-state index contributed by atoms with van der Waals surface area (Å²) in [5.41, 5.74) is 2.43. The second-order valence-electron chi connectivity index (χ2n) is 8.33. The molecule has 28 heavy (non-hydrogen) atoms. The van der Waals surface area contributed by atoms with Crippen molar-refractivity contribution in [2.75, 3.05) is 38.1 Å². The van der Waals surface area contributed by atoms with Gasteiger partial charge in [-0.05, 0) is 63.7 Å². The van der Waals surface area contributed by atoms with Gasteiger partial charge in [0.2, 0.25) is 5.91 Å². The Morgan fingerprint density at radius 1 is 1.18 bits per heavy atom. The molecule has 0 aliphatic carbocycles. The molecule has 154 valence electrons. The Morgan fingerprint density at radius 3 is 2.61 bits per heavy atom. The van der Waals surface area contributed by atoms with Gasteiger partial charge in [0.15, 0.2) is 0 Å². The van der Waals surface area contributed by atoms with E-state index in [0.717, 1.165) is 64.0 Å². The number of amides is 2. The fraction of sp³-hybridized carbons (Fsp3) is 0.636. The number of nitrogens with zero attached hydrogens (tertiary/aromatic N) is 2. The molecule has 0 radical (unpaired) electrons. The normalized spacial score (nSPS) is 23.0. The van der Waals surface area contributed by atoms with Crippen LogP contribution in [-0.4, -0.2) is 60.6 Å². The fourth-order valence-corrected chi connectivity index (χ4v) is 5.22. The van der Waals surface area contributed by atoms with Crippen molar-refractivity contribution < 1.29 is 15.8 Å². The van der Waals surface area contributed by atoms with E-state index < -0.39 is 0 Å². The molecule has 3 heterocycles. The molecule has 1 spiro atoms. The van der Waals surface area contributed by atoms with Crippen LogP contribution < -0.4 is 5.32 Å². The first-order chi connectivity index (χ1) is 13.6. The minimum atomic E-state index is -0.175. The van der Waals surface area contributed by atoms with Crippen LogP contribution in [0.1, 0.15) is 52.4 Å². The Bertz CT molecular complexity index is 726. The van der Waals surface area contributed by atoms with E-state index in [1.165, 1.54) is 5.56 Å². The van der Waals surface area contributed by atoms with Gasteiger partial charge in [0.25, 0.3) is 0 Å². The van der Waals surface area contributed by atoms with Crippen molar-refractivity contribution in [3.8, 4) is 0 Å². The van der Waals surface area contributed by atoms with Gasteiger partial charge < -0.3 is 19.9 Å². The summed E-state index contributed by atoms with van der Waals surface area (Å²) < 4.78 is 5.13. The van der Waals surface area contributed by atoms with E-state index in [0.29, 0.717) is 19.1 Å². The van der Waals surface area contributed by atoms with Crippen molar-refractivity contribution in [3.05, 3.63) is 29.8 Å². The highest BCUT2D eigenvalue weighted by Gasteiger charge is 2.41. The summed E-state index contributed by atoms with van der Waals surface area (Å²) in [5.74, 6) is 0.137. The number of carbonyl (C=O) groups is 2. The van der Waals surface area contributed by atoms with E-state index in [2.05, 4.69) is 22.3 Å². The molecule has 2 fully saturated rings. The zero-order chi connectivity index (χ0) is 19.6. The quantitative estimate of drug-likeness (QED) is 0.842. The van der Waals surface area contributed by atoms with E-state index in [4.69, 9.17) is 4.74 Å². The Hall–Kier alpha value is -2.08. The largest absolute Gasteiger partial charge is 0.450 e. The zero-order valence-corrected chi connectivity index (χ0v) is 16.8. The van der Waals surface area contributed by atoms with Crippen molar-refractivity contribution in [3.63, 3.8) is 0 Å². The molecule has 0 bridgehead atoms. The molecule has 1 N–H and O–H groups in total. The van der Waals surface area contributed by atoms with Crippen LogP contribution in [0.4, 0.5) is 10.5 Å². The van der Waals surface area contributed by atoms with Crippen LogP contribution >= 0.6 is 0 Å². The molecular weight excluding hydrogens is 354 g/mol. The number of carbonyl (C=O) groups excluding carboxylic acids is 2. The molecule has 2 saturated heterocycles. The number of ether oxygens (including phenoxy) is 1. The predicted molar refractivity (Wildman–Crippen MR) is 111 cm³/mol. The average molecular weight is 388 g/mol. The van der Waals surface area contributed by atoms with E-state index in [1.54, 1.807) is 0 Å². The van der Waals surface area contributed by atoms with Crippen molar-refractivity contribution >= 4 is 17.7 Å². The summed E-state index contributed by atoms with van der Waals surface area (Å²) in [7, 11) is 0. The van der Waals surface area contributed by atoms with Crippen LogP contribution in [0, 0.1) is 0 Å². The Morgan fingerprint density at radius 2 is 1.89 bits per heavy atom. The fourth-order valence-electron chi connectivity index (χ4n) is 5.22. The minimum Gasteiger partial charge on any atom is -0.450 e. The molecule has 0 atom stereocenters. The van der Waals surface area contributed by atoms with Gasteiger partial charge in [-0.2, -0.15) is 0 Å². The van der Waals surface area contributed by atoms with Gasteiger partial charge >= 0.3 is 6.09 Å². The summed E-state index contributed by atoms with van der Waals surface area (Å²) in [6, 6.07) is 8.88. The second-order valence-corrected chi connectivity index (χ2v) is 8.33. The Kier molecular flexibility index (Phi) is 5.58. The van der Waals surface area contributed by atoms with Crippen LogP contribution in [0.3, 0.4) is 0 Å². The lowest BCUT2D eigenvalue weighted by atomic mass is 9.69. The molecule has 3 aliphatic rings. The number of benzene rings is 1. The maximum atomic E-state index is 12.2. The first kappa shape index (κ1) is 19.2. The van der Waals surface area contributed by atoms with Gasteiger partial charge in [0.05, 0.1) is 6.61 Å². The summed E-state index contributed by atoms with van der Waals surface area (Å²) in [6.45, 7) is 5.98. The highest BCUT2D eigenvalue weighted by atomic mass is 16.6. The molecule has 3 aliphatic heterocycles. The topological polar surface area (TPSA) is 61.9 Å². The third-order valence-electron chi connectivity index (χ3n) is 6.87. The van der Waals surface area contributed by atoms with Crippen molar-refractivity contribution in [2.45, 2.75) is 56.9 Å². The Balaban J connectivity index is 0.00000240. The highest BCUT2D eigenvalue weighted by molar-refractivity contribution is 5.92. The molecule has 4 rings (SSSR count). The number of hydrogen-bond acceptors (Lipinski definition) is 4. The molecule has 6 heteroatoms. The summed E-state index contributed by atoms with van der Waals surface area (Å²) in [5, 5.41) is 3.09. The van der Waals surface area contributed by atoms with Crippen LogP contribution in [0.5, 0.6) is 0 Å². The monoisotopic (exact) mass is 387 g/mol. The molecule has 0 unspecified atom stereocenters. The van der Waals surface area contributed by atoms with Gasteiger partial charge in [-0.3, -0.25) is 4.79 Å². The number of anilines is 1. The van der Waals surface area contributed by atoms with Crippen molar-refractivity contribution in [1.29, 1.82) is 0 Å². The third-order valence-corrected chi connectivity index (χ3v) is 6.87. The molecule has 6 nitrogen and oxygen atoms in total. The SMILES string of the molecule is CCOC(=O)N1CCC(N2CCC3(CCC(=O)Nc4ccccc43)CC2)CC1.[HH]. The maximum absolute atomic E-state index is 12.2. The maximum Gasteiger partial charge on any atom is 0.409 e. The first-order valence-corrected chi connectivity index (χ1v) is 10.7. The Labute approximate surface area is 168 Å². The predicted octanol–water partition coefficient (Wildman–Crippen LogP) is 3.62. The lowest BCUT2D eigenvalue weighted by molar-refractivity contribution is -0.116. The van der Waals surface area contributed by atoms with Crippen molar-refractivity contribution in [1.82, 2.24) is 9.80 Å². The lowest BCUT2D eigenvalue weighted by Gasteiger charge is -2.46. The number of para-hydroxylation sites is 1. The molecule has 0 saturated carbocycles. The smallest absolute Gasteiger partial charge is 0.409 e. The number of rotatable bonds is 2. The summed E-state index contributed by atoms with van der Waals surface area (Å²) in [4.78, 5) is 28.5. The van der Waals surface area contributed by atoms with E-state index >= 15 is 0 Å². The van der Waals surface area contributed by atoms with E-state index in [1.807, 2.05) is 24.0 Å². The second kappa shape index (κ2) is 8.11. The van der Waals surface area contributed by atoms with Crippen LogP contribution in [-0.2, 0) is 14.9 Å². The van der Waals surface area contributed by atoms with E-state index in [9.17, 15) is 9.59 Å². The van der Waals surface area contributed by atoms with Gasteiger partial charge in [-0.25, -0.2) is 4.79 Å². The van der Waals surface area contributed by atoms with Gasteiger partial charge in [-0.15, -0.1) is 0 Å². The number of hydrogen-bond donors (Lipinski definition) is 1. The number of nitrogens with one attached hydrogen (secondary N) is 1. The molecule has 0 aromatic heterocycles.